The second kappa shape index (κ2) is 5.76. The normalized spacial score (nSPS) is 17.3. The van der Waals surface area contributed by atoms with Crippen molar-refractivity contribution in [2.75, 3.05) is 19.2 Å². The van der Waals surface area contributed by atoms with E-state index in [4.69, 9.17) is 4.55 Å². The van der Waals surface area contributed by atoms with Crippen LogP contribution in [-0.2, 0) is 19.6 Å². The zero-order valence-electron chi connectivity index (χ0n) is 8.76. The van der Waals surface area contributed by atoms with Gasteiger partial charge in [-0.25, -0.2) is 4.39 Å². The fourth-order valence-corrected chi connectivity index (χ4v) is 1.30. The molecule has 0 amide bonds. The monoisotopic (exact) mass is 324 g/mol. The maximum atomic E-state index is 13.2. The molecule has 0 heterocycles. The minimum absolute atomic E-state index is 1.92. The summed E-state index contributed by atoms with van der Waals surface area (Å²) in [7, 11) is -5.44. The third kappa shape index (κ3) is 6.35. The Morgan fingerprint density at radius 3 is 1.84 bits per heavy atom. The van der Waals surface area contributed by atoms with E-state index in [0.717, 1.165) is 0 Å². The highest BCUT2D eigenvalue weighted by molar-refractivity contribution is 7.85. The average Bonchev–Trinajstić information content (AvgIpc) is 2.07. The topological polar surface area (TPSA) is 72.8 Å². The van der Waals surface area contributed by atoms with E-state index in [2.05, 4.69) is 9.47 Å². The number of halogens is 7. The van der Waals surface area contributed by atoms with Gasteiger partial charge in [0.2, 0.25) is 0 Å². The van der Waals surface area contributed by atoms with Crippen LogP contribution in [0.15, 0.2) is 0 Å². The van der Waals surface area contributed by atoms with Gasteiger partial charge in [-0.2, -0.15) is 34.8 Å². The summed E-state index contributed by atoms with van der Waals surface area (Å²) in [5.41, 5.74) is 0. The van der Waals surface area contributed by atoms with E-state index in [1.54, 1.807) is 0 Å². The highest BCUT2D eigenvalue weighted by Gasteiger charge is 2.63. The van der Waals surface area contributed by atoms with Crippen LogP contribution in [0.3, 0.4) is 0 Å². The van der Waals surface area contributed by atoms with Crippen LogP contribution in [0.4, 0.5) is 30.7 Å². The predicted molar refractivity (Wildman–Crippen MR) is 44.3 cm³/mol. The predicted octanol–water partition coefficient (Wildman–Crippen LogP) is 1.66. The lowest BCUT2D eigenvalue weighted by atomic mass is 10.3. The Balaban J connectivity index is 5.12. The molecule has 1 unspecified atom stereocenters. The summed E-state index contributed by atoms with van der Waals surface area (Å²) in [6, 6.07) is 0. The van der Waals surface area contributed by atoms with Crippen LogP contribution in [0.25, 0.3) is 0 Å². The highest BCUT2D eigenvalue weighted by Crippen LogP contribution is 2.39. The molecule has 0 aromatic heterocycles. The Bertz CT molecular complexity index is 393. The van der Waals surface area contributed by atoms with Gasteiger partial charge in [0.1, 0.15) is 6.61 Å². The van der Waals surface area contributed by atoms with Crippen molar-refractivity contribution in [3.8, 4) is 0 Å². The van der Waals surface area contributed by atoms with E-state index in [0.29, 0.717) is 0 Å². The summed E-state index contributed by atoms with van der Waals surface area (Å²) in [4.78, 5) is 0. The van der Waals surface area contributed by atoms with Crippen LogP contribution in [-0.4, -0.2) is 50.3 Å². The van der Waals surface area contributed by atoms with Gasteiger partial charge in [0.25, 0.3) is 10.1 Å². The van der Waals surface area contributed by atoms with Crippen molar-refractivity contribution in [3.05, 3.63) is 0 Å². The quantitative estimate of drug-likeness (QED) is 0.569. The summed E-state index contributed by atoms with van der Waals surface area (Å²) in [6.07, 6.45) is -11.3. The molecule has 1 atom stereocenters. The van der Waals surface area contributed by atoms with Crippen molar-refractivity contribution in [1.29, 1.82) is 0 Å². The Kier molecular flexibility index (Phi) is 5.56. The number of rotatable bonds is 7. The van der Waals surface area contributed by atoms with E-state index in [1.165, 1.54) is 0 Å². The number of ether oxygens (including phenoxy) is 2. The van der Waals surface area contributed by atoms with Crippen LogP contribution in [0, 0.1) is 0 Å². The van der Waals surface area contributed by atoms with E-state index in [-0.39, 0.29) is 0 Å². The van der Waals surface area contributed by atoms with E-state index in [1.807, 2.05) is 0 Å². The number of hydrogen-bond donors (Lipinski definition) is 1. The third-order valence-electron chi connectivity index (χ3n) is 1.45. The lowest BCUT2D eigenvalue weighted by Gasteiger charge is -2.30. The summed E-state index contributed by atoms with van der Waals surface area (Å²) in [6.45, 7) is -4.21. The fraction of sp³-hybridized carbons (Fsp3) is 1.00. The number of alkyl halides is 7. The molecule has 0 radical (unpaired) electrons. The van der Waals surface area contributed by atoms with Gasteiger partial charge < -0.3 is 4.74 Å². The molecule has 0 aromatic carbocycles. The molecular weight excluding hydrogens is 317 g/mol. The Morgan fingerprint density at radius 2 is 1.53 bits per heavy atom. The summed E-state index contributed by atoms with van der Waals surface area (Å²) < 4.78 is 121. The Morgan fingerprint density at radius 1 is 1.05 bits per heavy atom. The number of hydrogen-bond acceptors (Lipinski definition) is 4. The molecule has 0 saturated heterocycles. The van der Waals surface area contributed by atoms with E-state index >= 15 is 0 Å². The van der Waals surface area contributed by atoms with Crippen molar-refractivity contribution in [2.45, 2.75) is 18.1 Å². The second-order valence-corrected chi connectivity index (χ2v) is 4.60. The van der Waals surface area contributed by atoms with Crippen LogP contribution in [0.2, 0.25) is 0 Å². The molecular formula is C6H7F7O5S. The molecule has 0 spiro atoms. The largest absolute Gasteiger partial charge is 0.451 e. The molecule has 19 heavy (non-hydrogen) atoms. The highest BCUT2D eigenvalue weighted by atomic mass is 32.2. The molecule has 0 aliphatic carbocycles. The van der Waals surface area contributed by atoms with Crippen molar-refractivity contribution in [1.82, 2.24) is 0 Å². The maximum absolute atomic E-state index is 13.2. The summed E-state index contributed by atoms with van der Waals surface area (Å²) >= 11 is 0. The lowest BCUT2D eigenvalue weighted by molar-refractivity contribution is -0.414. The smallest absolute Gasteiger partial charge is 0.344 e. The Hall–Kier alpha value is -0.660. The van der Waals surface area contributed by atoms with E-state index in [9.17, 15) is 39.2 Å². The van der Waals surface area contributed by atoms with Gasteiger partial charge in [0, 0.05) is 0 Å². The van der Waals surface area contributed by atoms with Crippen LogP contribution < -0.4 is 0 Å². The standard InChI is InChI=1S/C6H7F7O5S/c7-3-17-1-4(8,6(11,12)13)18-5(9,10)2-19(14,15)16/h1-3H2,(H,14,15,16). The maximum Gasteiger partial charge on any atom is 0.451 e. The van der Waals surface area contributed by atoms with E-state index < -0.39 is 47.5 Å². The van der Waals surface area contributed by atoms with Crippen molar-refractivity contribution in [3.63, 3.8) is 0 Å². The summed E-state index contributed by atoms with van der Waals surface area (Å²) in [5.74, 6) is -7.76. The molecule has 0 aliphatic heterocycles. The fourth-order valence-electron chi connectivity index (χ4n) is 0.818. The Labute approximate surface area is 102 Å². The second-order valence-electron chi connectivity index (χ2n) is 3.15. The summed E-state index contributed by atoms with van der Waals surface area (Å²) in [5, 5.41) is 0. The SMILES string of the molecule is O=S(=O)(O)CC(F)(F)OC(F)(COCF)C(F)(F)F. The van der Waals surface area contributed by atoms with Crippen molar-refractivity contribution >= 4 is 10.1 Å². The molecule has 1 N–H and O–H groups in total. The minimum Gasteiger partial charge on any atom is -0.344 e. The molecule has 0 bridgehead atoms. The van der Waals surface area contributed by atoms with Crippen molar-refractivity contribution < 1.29 is 53.2 Å². The first-order chi connectivity index (χ1) is 8.22. The molecule has 0 saturated carbocycles. The van der Waals surface area contributed by atoms with Gasteiger partial charge in [-0.15, -0.1) is 0 Å². The van der Waals surface area contributed by atoms with Gasteiger partial charge in [-0.05, 0) is 0 Å². The lowest BCUT2D eigenvalue weighted by Crippen LogP contribution is -2.52. The van der Waals surface area contributed by atoms with Gasteiger partial charge >= 0.3 is 18.1 Å². The van der Waals surface area contributed by atoms with Gasteiger partial charge in [0.05, 0.1) is 0 Å². The average molecular weight is 324 g/mol. The van der Waals surface area contributed by atoms with Crippen molar-refractivity contribution in [2.24, 2.45) is 0 Å². The zero-order chi connectivity index (χ0) is 15.5. The van der Waals surface area contributed by atoms with Gasteiger partial charge in [-0.3, -0.25) is 9.29 Å². The first-order valence-corrected chi connectivity index (χ1v) is 5.76. The zero-order valence-corrected chi connectivity index (χ0v) is 9.57. The molecule has 0 aliphatic rings. The van der Waals surface area contributed by atoms with Crippen LogP contribution >= 0.6 is 0 Å². The first-order valence-electron chi connectivity index (χ1n) is 4.15. The molecule has 13 heteroatoms. The van der Waals surface area contributed by atoms with Gasteiger partial charge in [-0.1, -0.05) is 0 Å². The third-order valence-corrected chi connectivity index (χ3v) is 2.15. The molecule has 116 valence electrons. The molecule has 5 nitrogen and oxygen atoms in total. The molecule has 0 fully saturated rings. The van der Waals surface area contributed by atoms with Gasteiger partial charge in [0.15, 0.2) is 12.6 Å². The first kappa shape index (κ1) is 18.3. The van der Waals surface area contributed by atoms with Crippen LogP contribution in [0.1, 0.15) is 0 Å². The molecule has 0 aromatic rings. The minimum atomic E-state index is -6.05. The van der Waals surface area contributed by atoms with Crippen LogP contribution in [0.5, 0.6) is 0 Å². The molecule has 0 rings (SSSR count).